The first-order valence-corrected chi connectivity index (χ1v) is 7.74. The molecule has 0 aliphatic carbocycles. The molecule has 0 saturated heterocycles. The van der Waals surface area contributed by atoms with Crippen molar-refractivity contribution in [3.8, 4) is 5.88 Å². The Hall–Kier alpha value is -2.07. The lowest BCUT2D eigenvalue weighted by Gasteiger charge is -2.08. The monoisotopic (exact) mass is 296 g/mol. The maximum absolute atomic E-state index is 5.32. The first kappa shape index (κ1) is 13.9. The van der Waals surface area contributed by atoms with Gasteiger partial charge in [-0.1, -0.05) is 36.4 Å². The summed E-state index contributed by atoms with van der Waals surface area (Å²) in [5.74, 6) is 1.53. The van der Waals surface area contributed by atoms with Crippen LogP contribution in [0.1, 0.15) is 11.3 Å². The Morgan fingerprint density at radius 1 is 1.00 bits per heavy atom. The quantitative estimate of drug-likeness (QED) is 0.675. The Kier molecular flexibility index (Phi) is 4.06. The lowest BCUT2D eigenvalue weighted by atomic mass is 10.1. The van der Waals surface area contributed by atoms with E-state index in [1.165, 1.54) is 10.5 Å². The normalized spacial score (nSPS) is 10.8. The highest BCUT2D eigenvalue weighted by atomic mass is 32.2. The second-order valence-electron chi connectivity index (χ2n) is 4.78. The van der Waals surface area contributed by atoms with E-state index >= 15 is 0 Å². The number of hydrogen-bond donors (Lipinski definition) is 0. The molecule has 0 bridgehead atoms. The fourth-order valence-corrected chi connectivity index (χ4v) is 3.12. The second-order valence-corrected chi connectivity index (χ2v) is 5.83. The molecular formula is C17H16N2OS. The molecule has 21 heavy (non-hydrogen) atoms. The molecule has 0 amide bonds. The lowest BCUT2D eigenvalue weighted by Crippen LogP contribution is -1.95. The molecule has 0 radical (unpaired) electrons. The minimum atomic E-state index is 0.581. The van der Waals surface area contributed by atoms with Crippen molar-refractivity contribution in [1.29, 1.82) is 0 Å². The van der Waals surface area contributed by atoms with Crippen LogP contribution in [0, 0.1) is 6.92 Å². The third-order valence-electron chi connectivity index (χ3n) is 3.34. The van der Waals surface area contributed by atoms with Crippen LogP contribution in [0.2, 0.25) is 0 Å². The third-order valence-corrected chi connectivity index (χ3v) is 4.41. The number of nitrogens with zero attached hydrogens (tertiary/aromatic N) is 2. The molecule has 0 saturated carbocycles. The van der Waals surface area contributed by atoms with E-state index in [-0.39, 0.29) is 0 Å². The Balaban J connectivity index is 1.90. The van der Waals surface area contributed by atoms with Crippen LogP contribution in [0.3, 0.4) is 0 Å². The van der Waals surface area contributed by atoms with Gasteiger partial charge in [-0.15, -0.1) is 16.9 Å². The van der Waals surface area contributed by atoms with E-state index in [1.54, 1.807) is 7.11 Å². The number of ether oxygens (including phenoxy) is 1. The van der Waals surface area contributed by atoms with Gasteiger partial charge in [0, 0.05) is 21.4 Å². The van der Waals surface area contributed by atoms with Gasteiger partial charge in [-0.3, -0.25) is 0 Å². The maximum Gasteiger partial charge on any atom is 0.241 e. The molecule has 3 aromatic rings. The Morgan fingerprint density at radius 3 is 2.57 bits per heavy atom. The molecule has 3 nitrogen and oxygen atoms in total. The first-order valence-electron chi connectivity index (χ1n) is 6.75. The number of hydrogen-bond acceptors (Lipinski definition) is 4. The molecule has 0 aliphatic heterocycles. The molecule has 1 aromatic heterocycles. The third kappa shape index (κ3) is 3.00. The van der Waals surface area contributed by atoms with E-state index in [4.69, 9.17) is 4.74 Å². The minimum Gasteiger partial charge on any atom is -0.479 e. The van der Waals surface area contributed by atoms with Crippen molar-refractivity contribution in [3.05, 3.63) is 59.8 Å². The van der Waals surface area contributed by atoms with Gasteiger partial charge in [-0.2, -0.15) is 5.10 Å². The van der Waals surface area contributed by atoms with Crippen LogP contribution in [-0.2, 0) is 5.75 Å². The van der Waals surface area contributed by atoms with Crippen LogP contribution in [0.4, 0.5) is 0 Å². The summed E-state index contributed by atoms with van der Waals surface area (Å²) in [5.41, 5.74) is 2.24. The highest BCUT2D eigenvalue weighted by Gasteiger charge is 2.08. The zero-order valence-corrected chi connectivity index (χ0v) is 12.9. The Morgan fingerprint density at radius 2 is 1.81 bits per heavy atom. The number of benzene rings is 2. The number of aromatic nitrogens is 2. The molecule has 2 aromatic carbocycles. The minimum absolute atomic E-state index is 0.581. The van der Waals surface area contributed by atoms with E-state index in [1.807, 2.05) is 24.8 Å². The molecule has 3 rings (SSSR count). The summed E-state index contributed by atoms with van der Waals surface area (Å²) in [6.45, 7) is 1.96. The number of rotatable bonds is 4. The van der Waals surface area contributed by atoms with Crippen LogP contribution in [0.5, 0.6) is 5.88 Å². The molecule has 0 N–H and O–H groups in total. The van der Waals surface area contributed by atoms with Gasteiger partial charge in [0.1, 0.15) is 0 Å². The number of aryl methyl sites for hydroxylation is 1. The summed E-state index contributed by atoms with van der Waals surface area (Å²) in [5, 5.41) is 10.3. The van der Waals surface area contributed by atoms with Gasteiger partial charge >= 0.3 is 0 Å². The van der Waals surface area contributed by atoms with E-state index in [9.17, 15) is 0 Å². The van der Waals surface area contributed by atoms with Gasteiger partial charge in [0.25, 0.3) is 0 Å². The van der Waals surface area contributed by atoms with Crippen LogP contribution >= 0.6 is 11.8 Å². The summed E-state index contributed by atoms with van der Waals surface area (Å²) in [7, 11) is 1.63. The van der Waals surface area contributed by atoms with Gasteiger partial charge in [0.15, 0.2) is 0 Å². The standard InChI is InChI=1S/C17H16N2OS/c1-12-15-9-8-14(10-16(15)17(20-2)19-18-12)21-11-13-6-4-3-5-7-13/h3-10H,11H2,1-2H3. The van der Waals surface area contributed by atoms with E-state index < -0.39 is 0 Å². The van der Waals surface area contributed by atoms with Crippen LogP contribution in [-0.4, -0.2) is 17.3 Å². The molecule has 0 unspecified atom stereocenters. The number of fused-ring (bicyclic) bond motifs is 1. The fourth-order valence-electron chi connectivity index (χ4n) is 2.23. The van der Waals surface area contributed by atoms with Crippen molar-refractivity contribution in [2.45, 2.75) is 17.6 Å². The van der Waals surface area contributed by atoms with Crippen LogP contribution in [0.25, 0.3) is 10.8 Å². The molecule has 0 fully saturated rings. The summed E-state index contributed by atoms with van der Waals surface area (Å²) in [4.78, 5) is 1.21. The van der Waals surface area contributed by atoms with Gasteiger partial charge in [0.2, 0.25) is 5.88 Å². The average molecular weight is 296 g/mol. The van der Waals surface area contributed by atoms with Gasteiger partial charge in [-0.25, -0.2) is 0 Å². The van der Waals surface area contributed by atoms with Crippen molar-refractivity contribution in [2.24, 2.45) is 0 Å². The fraction of sp³-hybridized carbons (Fsp3) is 0.176. The molecule has 106 valence electrons. The molecular weight excluding hydrogens is 280 g/mol. The Bertz CT molecular complexity index is 759. The largest absolute Gasteiger partial charge is 0.479 e. The predicted octanol–water partition coefficient (Wildman–Crippen LogP) is 4.24. The average Bonchev–Trinajstić information content (AvgIpc) is 2.54. The van der Waals surface area contributed by atoms with Crippen molar-refractivity contribution in [2.75, 3.05) is 7.11 Å². The summed E-state index contributed by atoms with van der Waals surface area (Å²) >= 11 is 1.81. The van der Waals surface area contributed by atoms with Crippen molar-refractivity contribution in [3.63, 3.8) is 0 Å². The first-order chi connectivity index (χ1) is 10.3. The summed E-state index contributed by atoms with van der Waals surface area (Å²) < 4.78 is 5.32. The zero-order valence-electron chi connectivity index (χ0n) is 12.0. The van der Waals surface area contributed by atoms with Crippen molar-refractivity contribution >= 4 is 22.5 Å². The molecule has 4 heteroatoms. The van der Waals surface area contributed by atoms with E-state index in [2.05, 4.69) is 52.7 Å². The van der Waals surface area contributed by atoms with Gasteiger partial charge in [-0.05, 0) is 24.6 Å². The molecule has 1 heterocycles. The SMILES string of the molecule is COc1nnc(C)c2ccc(SCc3ccccc3)cc12. The zero-order chi connectivity index (χ0) is 14.7. The number of methoxy groups -OCH3 is 1. The van der Waals surface area contributed by atoms with Crippen LogP contribution in [0.15, 0.2) is 53.4 Å². The van der Waals surface area contributed by atoms with Crippen LogP contribution < -0.4 is 4.74 Å². The summed E-state index contributed by atoms with van der Waals surface area (Å²) in [6.07, 6.45) is 0. The predicted molar refractivity (Wildman–Crippen MR) is 86.8 cm³/mol. The smallest absolute Gasteiger partial charge is 0.241 e. The van der Waals surface area contributed by atoms with Gasteiger partial charge in [0.05, 0.1) is 12.8 Å². The second kappa shape index (κ2) is 6.14. The van der Waals surface area contributed by atoms with Gasteiger partial charge < -0.3 is 4.74 Å². The topological polar surface area (TPSA) is 35.0 Å². The molecule has 0 atom stereocenters. The number of thioether (sulfide) groups is 1. The highest BCUT2D eigenvalue weighted by Crippen LogP contribution is 2.30. The highest BCUT2D eigenvalue weighted by molar-refractivity contribution is 7.98. The Labute approximate surface area is 128 Å². The van der Waals surface area contributed by atoms with E-state index in [0.29, 0.717) is 5.88 Å². The van der Waals surface area contributed by atoms with Crippen molar-refractivity contribution < 1.29 is 4.74 Å². The summed E-state index contributed by atoms with van der Waals surface area (Å²) in [6, 6.07) is 16.8. The molecule has 0 spiro atoms. The van der Waals surface area contributed by atoms with Crippen molar-refractivity contribution in [1.82, 2.24) is 10.2 Å². The van der Waals surface area contributed by atoms with E-state index in [0.717, 1.165) is 22.2 Å². The maximum atomic E-state index is 5.32. The molecule has 0 aliphatic rings. The lowest BCUT2D eigenvalue weighted by molar-refractivity contribution is 0.397.